The molecule has 1 aliphatic heterocycles. The van der Waals surface area contributed by atoms with Crippen LogP contribution in [-0.4, -0.2) is 29.6 Å². The molecule has 1 aromatic heterocycles. The van der Waals surface area contributed by atoms with Gasteiger partial charge in [-0.3, -0.25) is 14.2 Å². The molecule has 0 saturated carbocycles. The Morgan fingerprint density at radius 2 is 1.58 bits per heavy atom. The molecule has 5 rings (SSSR count). The summed E-state index contributed by atoms with van der Waals surface area (Å²) >= 11 is 0. The number of aromatic nitrogens is 1. The molecule has 0 N–H and O–H groups in total. The number of esters is 1. The van der Waals surface area contributed by atoms with E-state index in [2.05, 4.69) is 0 Å². The molecule has 7 heteroatoms. The van der Waals surface area contributed by atoms with Crippen molar-refractivity contribution in [3.05, 3.63) is 100 Å². The van der Waals surface area contributed by atoms with Gasteiger partial charge < -0.3 is 14.4 Å². The fourth-order valence-corrected chi connectivity index (χ4v) is 4.44. The molecule has 1 amide bonds. The number of hydrogen-bond acceptors (Lipinski definition) is 5. The Bertz CT molecular complexity index is 1470. The Hall–Kier alpha value is -4.39. The number of rotatable bonds is 7. The number of fused-ring (bicyclic) bond motifs is 1. The maximum atomic E-state index is 13.2. The highest BCUT2D eigenvalue weighted by Crippen LogP contribution is 2.23. The molecule has 4 aromatic rings. The zero-order chi connectivity index (χ0) is 25.1. The van der Waals surface area contributed by atoms with E-state index in [4.69, 9.17) is 9.47 Å². The lowest BCUT2D eigenvalue weighted by molar-refractivity contribution is -0.117. The molecule has 3 aromatic carbocycles. The molecule has 182 valence electrons. The van der Waals surface area contributed by atoms with Gasteiger partial charge in [-0.2, -0.15) is 0 Å². The first-order valence-electron chi connectivity index (χ1n) is 12.0. The fraction of sp³-hybridized carbons (Fsp3) is 0.207. The molecule has 0 spiro atoms. The van der Waals surface area contributed by atoms with E-state index in [0.29, 0.717) is 40.8 Å². The van der Waals surface area contributed by atoms with Crippen molar-refractivity contribution in [3.63, 3.8) is 0 Å². The summed E-state index contributed by atoms with van der Waals surface area (Å²) in [5, 5.41) is 0.970. The molecule has 0 radical (unpaired) electrons. The molecule has 0 unspecified atom stereocenters. The van der Waals surface area contributed by atoms with Crippen LogP contribution in [0.15, 0.2) is 83.8 Å². The van der Waals surface area contributed by atoms with Gasteiger partial charge in [-0.05, 0) is 61.4 Å². The van der Waals surface area contributed by atoms with Crippen molar-refractivity contribution in [2.45, 2.75) is 26.4 Å². The van der Waals surface area contributed by atoms with E-state index in [1.54, 1.807) is 53.4 Å². The van der Waals surface area contributed by atoms with E-state index in [1.165, 1.54) is 10.8 Å². The van der Waals surface area contributed by atoms with Gasteiger partial charge in [0.05, 0.1) is 12.2 Å². The van der Waals surface area contributed by atoms with Crippen LogP contribution >= 0.6 is 0 Å². The van der Waals surface area contributed by atoms with E-state index in [1.807, 2.05) is 31.2 Å². The first-order valence-corrected chi connectivity index (χ1v) is 12.0. The van der Waals surface area contributed by atoms with Crippen LogP contribution < -0.4 is 15.2 Å². The summed E-state index contributed by atoms with van der Waals surface area (Å²) < 4.78 is 12.6. The zero-order valence-corrected chi connectivity index (χ0v) is 20.0. The van der Waals surface area contributed by atoms with Gasteiger partial charge >= 0.3 is 5.97 Å². The van der Waals surface area contributed by atoms with E-state index in [9.17, 15) is 14.4 Å². The van der Waals surface area contributed by atoms with Gasteiger partial charge in [0.2, 0.25) is 5.91 Å². The number of nitrogens with zero attached hydrogens (tertiary/aromatic N) is 2. The predicted molar refractivity (Wildman–Crippen MR) is 138 cm³/mol. The Labute approximate surface area is 208 Å². The van der Waals surface area contributed by atoms with Gasteiger partial charge in [0.25, 0.3) is 5.56 Å². The van der Waals surface area contributed by atoms with Crippen molar-refractivity contribution in [1.29, 1.82) is 0 Å². The fourth-order valence-electron chi connectivity index (χ4n) is 4.44. The third-order valence-corrected chi connectivity index (χ3v) is 6.26. The molecule has 36 heavy (non-hydrogen) atoms. The van der Waals surface area contributed by atoms with Crippen LogP contribution in [0.1, 0.15) is 35.7 Å². The third kappa shape index (κ3) is 4.60. The van der Waals surface area contributed by atoms with Gasteiger partial charge in [-0.15, -0.1) is 0 Å². The average molecular weight is 483 g/mol. The molecule has 1 aliphatic rings. The van der Waals surface area contributed by atoms with Gasteiger partial charge in [0, 0.05) is 41.3 Å². The third-order valence-electron chi connectivity index (χ3n) is 6.26. The summed E-state index contributed by atoms with van der Waals surface area (Å²) in [5.74, 6) is 0.309. The van der Waals surface area contributed by atoms with Crippen molar-refractivity contribution in [2.75, 3.05) is 18.1 Å². The number of benzene rings is 3. The Balaban J connectivity index is 1.40. The number of amides is 1. The lowest BCUT2D eigenvalue weighted by atomic mass is 10.1. The second kappa shape index (κ2) is 10.1. The summed E-state index contributed by atoms with van der Waals surface area (Å²) in [6.07, 6.45) is 2.97. The summed E-state index contributed by atoms with van der Waals surface area (Å²) in [7, 11) is 0. The molecule has 1 fully saturated rings. The van der Waals surface area contributed by atoms with Crippen molar-refractivity contribution < 1.29 is 19.1 Å². The first-order chi connectivity index (χ1) is 17.5. The second-order valence-corrected chi connectivity index (χ2v) is 8.58. The van der Waals surface area contributed by atoms with Gasteiger partial charge in [-0.1, -0.05) is 30.3 Å². The quantitative estimate of drug-likeness (QED) is 0.351. The van der Waals surface area contributed by atoms with Crippen LogP contribution in [0.4, 0.5) is 5.69 Å². The molecular formula is C29H26N2O5. The second-order valence-electron chi connectivity index (χ2n) is 8.58. The maximum Gasteiger partial charge on any atom is 0.340 e. The summed E-state index contributed by atoms with van der Waals surface area (Å²) in [4.78, 5) is 40.1. The number of ether oxygens (including phenoxy) is 2. The lowest BCUT2D eigenvalue weighted by Gasteiger charge is -2.16. The van der Waals surface area contributed by atoms with Gasteiger partial charge in [-0.25, -0.2) is 4.79 Å². The molecule has 0 aliphatic carbocycles. The zero-order valence-electron chi connectivity index (χ0n) is 20.0. The Morgan fingerprint density at radius 3 is 2.25 bits per heavy atom. The minimum atomic E-state index is -0.523. The van der Waals surface area contributed by atoms with Crippen LogP contribution in [0.5, 0.6) is 5.75 Å². The molecular weight excluding hydrogens is 456 g/mol. The van der Waals surface area contributed by atoms with Crippen molar-refractivity contribution >= 4 is 28.3 Å². The average Bonchev–Trinajstić information content (AvgIpc) is 3.34. The Morgan fingerprint density at radius 1 is 0.889 bits per heavy atom. The molecule has 0 atom stereocenters. The van der Waals surface area contributed by atoms with E-state index < -0.39 is 5.97 Å². The van der Waals surface area contributed by atoms with Gasteiger partial charge in [0.1, 0.15) is 12.4 Å². The van der Waals surface area contributed by atoms with E-state index in [0.717, 1.165) is 24.2 Å². The van der Waals surface area contributed by atoms with E-state index in [-0.39, 0.29) is 18.1 Å². The molecule has 7 nitrogen and oxygen atoms in total. The minimum absolute atomic E-state index is 0.0730. The highest BCUT2D eigenvalue weighted by Gasteiger charge is 2.21. The summed E-state index contributed by atoms with van der Waals surface area (Å²) in [6.45, 7) is 3.25. The Kier molecular flexibility index (Phi) is 6.54. The maximum absolute atomic E-state index is 13.2. The van der Waals surface area contributed by atoms with Crippen LogP contribution in [0, 0.1) is 0 Å². The number of carbonyl (C=O) groups is 2. The number of carbonyl (C=O) groups excluding carboxylic acids is 2. The van der Waals surface area contributed by atoms with Crippen molar-refractivity contribution in [2.24, 2.45) is 0 Å². The summed E-state index contributed by atoms with van der Waals surface area (Å²) in [6, 6.07) is 21.6. The largest absolute Gasteiger partial charge is 0.494 e. The molecule has 1 saturated heterocycles. The lowest BCUT2D eigenvalue weighted by Crippen LogP contribution is -2.23. The van der Waals surface area contributed by atoms with Crippen molar-refractivity contribution in [1.82, 2.24) is 4.57 Å². The van der Waals surface area contributed by atoms with Crippen LogP contribution in [0.3, 0.4) is 0 Å². The monoisotopic (exact) mass is 482 g/mol. The number of anilines is 1. The highest BCUT2D eigenvalue weighted by molar-refractivity contribution is 6.04. The minimum Gasteiger partial charge on any atom is -0.494 e. The number of pyridine rings is 1. The SMILES string of the molecule is CCOc1ccc(-n2cc(C(=O)OCc3ccc(N4CCCC4=O)cc3)c3ccccc3c2=O)cc1. The molecule has 2 heterocycles. The smallest absolute Gasteiger partial charge is 0.340 e. The normalized spacial score (nSPS) is 13.2. The van der Waals surface area contributed by atoms with Crippen LogP contribution in [0.2, 0.25) is 0 Å². The topological polar surface area (TPSA) is 77.8 Å². The van der Waals surface area contributed by atoms with Crippen LogP contribution in [0.25, 0.3) is 16.5 Å². The van der Waals surface area contributed by atoms with E-state index >= 15 is 0 Å². The van der Waals surface area contributed by atoms with Crippen molar-refractivity contribution in [3.8, 4) is 11.4 Å². The summed E-state index contributed by atoms with van der Waals surface area (Å²) in [5.41, 5.74) is 2.36. The first kappa shape index (κ1) is 23.4. The highest BCUT2D eigenvalue weighted by atomic mass is 16.5. The van der Waals surface area contributed by atoms with Crippen LogP contribution in [-0.2, 0) is 16.1 Å². The van der Waals surface area contributed by atoms with Gasteiger partial charge in [0.15, 0.2) is 0 Å². The number of hydrogen-bond donors (Lipinski definition) is 0. The standard InChI is InChI=1S/C29H26N2O5/c1-2-35-23-15-13-22(14-16-23)31-18-26(24-6-3-4-7-25(24)28(31)33)29(34)36-19-20-9-11-21(12-10-20)30-17-5-8-27(30)32/h3-4,6-7,9-16,18H,2,5,8,17,19H2,1H3. The molecule has 0 bridgehead atoms. The predicted octanol–water partition coefficient (Wildman–Crippen LogP) is 4.87.